The van der Waals surface area contributed by atoms with Crippen LogP contribution >= 0.6 is 0 Å². The van der Waals surface area contributed by atoms with Crippen LogP contribution in [0.1, 0.15) is 15.9 Å². The molecule has 0 spiro atoms. The number of carbonyl (C=O) groups excluding carboxylic acids is 1. The van der Waals surface area contributed by atoms with Crippen molar-refractivity contribution >= 4 is 11.9 Å². The maximum absolute atomic E-state index is 12.0. The molecule has 150 valence electrons. The van der Waals surface area contributed by atoms with Gasteiger partial charge in [0.05, 0.1) is 5.56 Å². The van der Waals surface area contributed by atoms with E-state index in [2.05, 4.69) is 5.32 Å². The molecule has 1 aliphatic rings. The average molecular weight is 397 g/mol. The molecule has 1 heterocycles. The van der Waals surface area contributed by atoms with Crippen LogP contribution < -0.4 is 14.8 Å². The van der Waals surface area contributed by atoms with Crippen molar-refractivity contribution in [2.24, 2.45) is 0 Å². The van der Waals surface area contributed by atoms with Crippen LogP contribution in [0.25, 0.3) is 0 Å². The molecular weight excluding hydrogens is 379 g/mol. The Kier molecular flexibility index (Phi) is 7.00. The van der Waals surface area contributed by atoms with Gasteiger partial charge in [0.25, 0.3) is 0 Å². The maximum atomic E-state index is 12.0. The minimum absolute atomic E-state index is 0.232. The SMILES string of the molecule is Cc1ccc(OC(=O)c2ccc(OC3CNC3)cc2)cc1.O=C(O)C(F)(F)F. The highest BCUT2D eigenvalue weighted by molar-refractivity contribution is 5.91. The molecule has 1 saturated heterocycles. The summed E-state index contributed by atoms with van der Waals surface area (Å²) in [5.41, 5.74) is 1.64. The van der Waals surface area contributed by atoms with E-state index < -0.39 is 12.1 Å². The number of esters is 1. The monoisotopic (exact) mass is 397 g/mol. The molecule has 2 N–H and O–H groups in total. The molecule has 28 heavy (non-hydrogen) atoms. The van der Waals surface area contributed by atoms with E-state index >= 15 is 0 Å². The number of aliphatic carboxylic acids is 1. The highest BCUT2D eigenvalue weighted by atomic mass is 19.4. The van der Waals surface area contributed by atoms with Gasteiger partial charge in [0.2, 0.25) is 0 Å². The van der Waals surface area contributed by atoms with E-state index in [9.17, 15) is 18.0 Å². The molecule has 1 fully saturated rings. The number of benzene rings is 2. The Bertz CT molecular complexity index is 800. The van der Waals surface area contributed by atoms with Gasteiger partial charge in [0.15, 0.2) is 0 Å². The number of aryl methyl sites for hydroxylation is 1. The molecule has 0 aliphatic carbocycles. The summed E-state index contributed by atoms with van der Waals surface area (Å²) < 4.78 is 42.8. The molecule has 0 radical (unpaired) electrons. The number of carbonyl (C=O) groups is 2. The van der Waals surface area contributed by atoms with Crippen molar-refractivity contribution < 1.29 is 37.3 Å². The van der Waals surface area contributed by atoms with Crippen LogP contribution in [0.15, 0.2) is 48.5 Å². The van der Waals surface area contributed by atoms with Crippen molar-refractivity contribution in [2.75, 3.05) is 13.1 Å². The number of rotatable bonds is 4. The number of halogens is 3. The molecule has 2 aromatic carbocycles. The second-order valence-electron chi connectivity index (χ2n) is 5.93. The predicted octanol–water partition coefficient (Wildman–Crippen LogP) is 3.20. The molecule has 2 aromatic rings. The van der Waals surface area contributed by atoms with Crippen LogP contribution in [-0.2, 0) is 4.79 Å². The summed E-state index contributed by atoms with van der Waals surface area (Å²) in [4.78, 5) is 20.9. The van der Waals surface area contributed by atoms with Crippen LogP contribution in [0.4, 0.5) is 13.2 Å². The predicted molar refractivity (Wildman–Crippen MR) is 93.6 cm³/mol. The molecule has 1 aliphatic heterocycles. The first-order chi connectivity index (χ1) is 13.1. The first-order valence-electron chi connectivity index (χ1n) is 8.21. The topological polar surface area (TPSA) is 84.9 Å². The van der Waals surface area contributed by atoms with Gasteiger partial charge in [-0.2, -0.15) is 13.2 Å². The average Bonchev–Trinajstić information content (AvgIpc) is 2.60. The van der Waals surface area contributed by atoms with Gasteiger partial charge in [-0.3, -0.25) is 0 Å². The Morgan fingerprint density at radius 2 is 1.50 bits per heavy atom. The van der Waals surface area contributed by atoms with Crippen LogP contribution in [0.3, 0.4) is 0 Å². The summed E-state index contributed by atoms with van der Waals surface area (Å²) in [7, 11) is 0. The maximum Gasteiger partial charge on any atom is 0.490 e. The molecule has 0 unspecified atom stereocenters. The normalized spacial score (nSPS) is 13.6. The van der Waals surface area contributed by atoms with Gasteiger partial charge in [-0.1, -0.05) is 17.7 Å². The van der Waals surface area contributed by atoms with Crippen molar-refractivity contribution in [2.45, 2.75) is 19.2 Å². The van der Waals surface area contributed by atoms with E-state index in [1.807, 2.05) is 19.1 Å². The number of hydrogen-bond donors (Lipinski definition) is 2. The third kappa shape index (κ3) is 6.58. The van der Waals surface area contributed by atoms with Crippen molar-refractivity contribution in [1.82, 2.24) is 5.32 Å². The molecule has 0 saturated carbocycles. The smallest absolute Gasteiger partial charge is 0.488 e. The summed E-state index contributed by atoms with van der Waals surface area (Å²) in [5, 5.41) is 10.3. The molecule has 0 bridgehead atoms. The minimum Gasteiger partial charge on any atom is -0.488 e. The molecule has 6 nitrogen and oxygen atoms in total. The first-order valence-corrected chi connectivity index (χ1v) is 8.21. The number of carboxylic acids is 1. The van der Waals surface area contributed by atoms with Gasteiger partial charge < -0.3 is 19.9 Å². The highest BCUT2D eigenvalue weighted by Gasteiger charge is 2.38. The van der Waals surface area contributed by atoms with Crippen LogP contribution in [0.2, 0.25) is 0 Å². The summed E-state index contributed by atoms with van der Waals surface area (Å²) in [5.74, 6) is -1.80. The van der Waals surface area contributed by atoms with Crippen LogP contribution in [0, 0.1) is 6.92 Å². The van der Waals surface area contributed by atoms with E-state index in [0.717, 1.165) is 24.4 Å². The number of alkyl halides is 3. The summed E-state index contributed by atoms with van der Waals surface area (Å²) in [6.07, 6.45) is -4.85. The fourth-order valence-electron chi connectivity index (χ4n) is 1.98. The van der Waals surface area contributed by atoms with Crippen molar-refractivity contribution in [3.05, 3.63) is 59.7 Å². The van der Waals surface area contributed by atoms with E-state index in [4.69, 9.17) is 19.4 Å². The third-order valence-corrected chi connectivity index (χ3v) is 3.61. The Hall–Kier alpha value is -3.07. The minimum atomic E-state index is -5.08. The fourth-order valence-corrected chi connectivity index (χ4v) is 1.98. The summed E-state index contributed by atoms with van der Waals surface area (Å²) in [6.45, 7) is 3.73. The van der Waals surface area contributed by atoms with E-state index in [0.29, 0.717) is 11.3 Å². The molecule has 0 amide bonds. The molecule has 3 rings (SSSR count). The zero-order valence-corrected chi connectivity index (χ0v) is 14.8. The lowest BCUT2D eigenvalue weighted by atomic mass is 10.2. The lowest BCUT2D eigenvalue weighted by Crippen LogP contribution is -2.50. The third-order valence-electron chi connectivity index (χ3n) is 3.61. The van der Waals surface area contributed by atoms with E-state index in [1.165, 1.54) is 0 Å². The first kappa shape index (κ1) is 21.2. The Morgan fingerprint density at radius 3 is 1.93 bits per heavy atom. The van der Waals surface area contributed by atoms with E-state index in [-0.39, 0.29) is 12.1 Å². The van der Waals surface area contributed by atoms with Gasteiger partial charge >= 0.3 is 18.1 Å². The van der Waals surface area contributed by atoms with Gasteiger partial charge in [0, 0.05) is 13.1 Å². The highest BCUT2D eigenvalue weighted by Crippen LogP contribution is 2.18. The quantitative estimate of drug-likeness (QED) is 0.609. The lowest BCUT2D eigenvalue weighted by molar-refractivity contribution is -0.192. The van der Waals surface area contributed by atoms with Gasteiger partial charge in [-0.25, -0.2) is 9.59 Å². The Labute approximate surface area is 158 Å². The zero-order chi connectivity index (χ0) is 20.7. The van der Waals surface area contributed by atoms with Gasteiger partial charge in [-0.15, -0.1) is 0 Å². The summed E-state index contributed by atoms with van der Waals surface area (Å²) >= 11 is 0. The van der Waals surface area contributed by atoms with Gasteiger partial charge in [0.1, 0.15) is 17.6 Å². The molecular formula is C19H18F3NO5. The second-order valence-corrected chi connectivity index (χ2v) is 5.93. The number of carboxylic acid groups (broad SMARTS) is 1. The standard InChI is InChI=1S/C17H17NO3.C2HF3O2/c1-12-2-6-15(7-3-12)21-17(19)13-4-8-14(9-5-13)20-16-10-18-11-16;3-2(4,5)1(6)7/h2-9,16,18H,10-11H2,1H3;(H,6,7). The van der Waals surface area contributed by atoms with Crippen LogP contribution in [-0.4, -0.2) is 42.4 Å². The fraction of sp³-hybridized carbons (Fsp3) is 0.263. The Morgan fingerprint density at radius 1 is 1.00 bits per heavy atom. The Balaban J connectivity index is 0.000000345. The number of hydrogen-bond acceptors (Lipinski definition) is 5. The zero-order valence-electron chi connectivity index (χ0n) is 14.8. The molecule has 0 aromatic heterocycles. The van der Waals surface area contributed by atoms with Crippen molar-refractivity contribution in [1.29, 1.82) is 0 Å². The second kappa shape index (κ2) is 9.23. The van der Waals surface area contributed by atoms with E-state index in [1.54, 1.807) is 36.4 Å². The summed E-state index contributed by atoms with van der Waals surface area (Å²) in [6, 6.07) is 14.4. The molecule has 9 heteroatoms. The molecule has 0 atom stereocenters. The largest absolute Gasteiger partial charge is 0.490 e. The lowest BCUT2D eigenvalue weighted by Gasteiger charge is -2.27. The van der Waals surface area contributed by atoms with Crippen molar-refractivity contribution in [3.8, 4) is 11.5 Å². The van der Waals surface area contributed by atoms with Gasteiger partial charge in [-0.05, 0) is 43.3 Å². The van der Waals surface area contributed by atoms with Crippen LogP contribution in [0.5, 0.6) is 11.5 Å². The number of nitrogens with one attached hydrogen (secondary N) is 1. The number of ether oxygens (including phenoxy) is 2. The van der Waals surface area contributed by atoms with Crippen molar-refractivity contribution in [3.63, 3.8) is 0 Å².